The molecule has 204 valence electrons. The molecule has 43 heavy (non-hydrogen) atoms. The molecule has 0 N–H and O–H groups in total. The summed E-state index contributed by atoms with van der Waals surface area (Å²) in [6.07, 6.45) is 6.72. The fourth-order valence-corrected chi connectivity index (χ4v) is 6.07. The molecule has 0 radical (unpaired) electrons. The third-order valence-electron chi connectivity index (χ3n) is 8.11. The van der Waals surface area contributed by atoms with Gasteiger partial charge in [-0.15, -0.1) is 0 Å². The zero-order valence-corrected chi connectivity index (χ0v) is 23.6. The van der Waals surface area contributed by atoms with Crippen LogP contribution in [0.2, 0.25) is 0 Å². The fourth-order valence-electron chi connectivity index (χ4n) is 6.07. The fraction of sp³-hybridized carbons (Fsp3) is 0.0513. The van der Waals surface area contributed by atoms with Gasteiger partial charge >= 0.3 is 0 Å². The molecule has 0 unspecified atom stereocenters. The number of hydrogen-bond acceptors (Lipinski definition) is 3. The first-order valence-corrected chi connectivity index (χ1v) is 14.7. The Morgan fingerprint density at radius 3 is 1.77 bits per heavy atom. The third kappa shape index (κ3) is 4.63. The Hall–Kier alpha value is -5.61. The second kappa shape index (κ2) is 10.7. The Labute approximate surface area is 250 Å². The van der Waals surface area contributed by atoms with Crippen LogP contribution >= 0.6 is 0 Å². The van der Waals surface area contributed by atoms with E-state index in [4.69, 9.17) is 15.0 Å². The van der Waals surface area contributed by atoms with Crippen LogP contribution in [0.3, 0.4) is 0 Å². The number of benzene rings is 5. The first-order valence-electron chi connectivity index (χ1n) is 14.7. The minimum absolute atomic E-state index is 0.654. The van der Waals surface area contributed by atoms with Gasteiger partial charge in [0.25, 0.3) is 0 Å². The minimum atomic E-state index is 0.654. The Balaban J connectivity index is 1.24. The summed E-state index contributed by atoms with van der Waals surface area (Å²) >= 11 is 0. The molecule has 0 aliphatic heterocycles. The lowest BCUT2D eigenvalue weighted by molar-refractivity contribution is 0.968. The summed E-state index contributed by atoms with van der Waals surface area (Å²) in [7, 11) is 0. The highest BCUT2D eigenvalue weighted by Gasteiger charge is 2.18. The lowest BCUT2D eigenvalue weighted by atomic mass is 10.0. The number of aromatic nitrogens is 4. The van der Waals surface area contributed by atoms with Crippen LogP contribution in [0.15, 0.2) is 140 Å². The van der Waals surface area contributed by atoms with Gasteiger partial charge in [-0.2, -0.15) is 0 Å². The van der Waals surface area contributed by atoms with Crippen molar-refractivity contribution in [2.24, 2.45) is 0 Å². The first-order chi connectivity index (χ1) is 21.3. The van der Waals surface area contributed by atoms with Crippen LogP contribution < -0.4 is 0 Å². The highest BCUT2D eigenvalue weighted by atomic mass is 15.0. The molecular formula is C39H28N4. The van der Waals surface area contributed by atoms with Crippen LogP contribution in [0.4, 0.5) is 0 Å². The molecule has 0 fully saturated rings. The molecule has 2 heterocycles. The van der Waals surface area contributed by atoms with E-state index < -0.39 is 0 Å². The Morgan fingerprint density at radius 2 is 1.05 bits per heavy atom. The topological polar surface area (TPSA) is 43.6 Å². The van der Waals surface area contributed by atoms with E-state index >= 15 is 0 Å². The van der Waals surface area contributed by atoms with Gasteiger partial charge in [-0.3, -0.25) is 0 Å². The molecule has 0 atom stereocenters. The van der Waals surface area contributed by atoms with Crippen LogP contribution in [-0.2, 0) is 6.42 Å². The van der Waals surface area contributed by atoms with Gasteiger partial charge in [0.15, 0.2) is 17.5 Å². The van der Waals surface area contributed by atoms with Gasteiger partial charge in [-0.05, 0) is 59.9 Å². The molecule has 0 saturated heterocycles. The number of rotatable bonds is 5. The van der Waals surface area contributed by atoms with Crippen molar-refractivity contribution >= 4 is 17.0 Å². The van der Waals surface area contributed by atoms with Crippen molar-refractivity contribution in [3.8, 4) is 51.0 Å². The molecule has 4 heteroatoms. The van der Waals surface area contributed by atoms with Crippen molar-refractivity contribution in [2.75, 3.05) is 0 Å². The molecule has 0 spiro atoms. The van der Waals surface area contributed by atoms with Gasteiger partial charge in [-0.1, -0.05) is 115 Å². The molecule has 0 saturated carbocycles. The molecular weight excluding hydrogens is 524 g/mol. The van der Waals surface area contributed by atoms with E-state index in [1.807, 2.05) is 60.7 Å². The average Bonchev–Trinajstić information content (AvgIpc) is 3.43. The number of aryl methyl sites for hydroxylation is 1. The molecule has 0 amide bonds. The smallest absolute Gasteiger partial charge is 0.164 e. The van der Waals surface area contributed by atoms with Gasteiger partial charge in [-0.25, -0.2) is 15.0 Å². The quantitative estimate of drug-likeness (QED) is 0.214. The molecule has 8 rings (SSSR count). The van der Waals surface area contributed by atoms with Crippen molar-refractivity contribution < 1.29 is 0 Å². The number of para-hydroxylation sites is 1. The summed E-state index contributed by atoms with van der Waals surface area (Å²) in [6.45, 7) is 0. The second-order valence-electron chi connectivity index (χ2n) is 10.8. The largest absolute Gasteiger partial charge is 0.310 e. The van der Waals surface area contributed by atoms with Crippen molar-refractivity contribution in [2.45, 2.75) is 12.8 Å². The van der Waals surface area contributed by atoms with Gasteiger partial charge in [0, 0.05) is 33.5 Å². The number of fused-ring (bicyclic) bond motifs is 3. The number of hydrogen-bond donors (Lipinski definition) is 0. The van der Waals surface area contributed by atoms with E-state index in [1.165, 1.54) is 22.2 Å². The molecule has 0 bridgehead atoms. The summed E-state index contributed by atoms with van der Waals surface area (Å²) < 4.78 is 2.40. The second-order valence-corrected chi connectivity index (χ2v) is 10.8. The Morgan fingerprint density at radius 1 is 0.488 bits per heavy atom. The van der Waals surface area contributed by atoms with Gasteiger partial charge < -0.3 is 4.57 Å². The molecule has 7 aromatic rings. The van der Waals surface area contributed by atoms with Gasteiger partial charge in [0.2, 0.25) is 0 Å². The third-order valence-corrected chi connectivity index (χ3v) is 8.11. The minimum Gasteiger partial charge on any atom is -0.310 e. The van der Waals surface area contributed by atoms with E-state index in [1.54, 1.807) is 0 Å². The van der Waals surface area contributed by atoms with Crippen LogP contribution in [0.1, 0.15) is 17.7 Å². The van der Waals surface area contributed by atoms with Crippen molar-refractivity contribution in [1.29, 1.82) is 0 Å². The maximum atomic E-state index is 4.94. The Kier molecular flexibility index (Phi) is 6.23. The summed E-state index contributed by atoms with van der Waals surface area (Å²) in [5.74, 6) is 1.98. The average molecular weight is 553 g/mol. The SMILES string of the molecule is C1=Cc2c(c3ccccc3n2-c2cccc(-c3cccc(-c4nc(-c5ccccc5)nc(-c5ccccc5)n4)c3)c2)CC1. The molecule has 1 aliphatic rings. The highest BCUT2D eigenvalue weighted by molar-refractivity contribution is 5.91. The van der Waals surface area contributed by atoms with E-state index in [-0.39, 0.29) is 0 Å². The van der Waals surface area contributed by atoms with E-state index in [0.29, 0.717) is 17.5 Å². The van der Waals surface area contributed by atoms with E-state index in [0.717, 1.165) is 46.3 Å². The molecule has 1 aliphatic carbocycles. The predicted octanol–water partition coefficient (Wildman–Crippen LogP) is 9.44. The summed E-state index contributed by atoms with van der Waals surface area (Å²) in [4.78, 5) is 14.7. The highest BCUT2D eigenvalue weighted by Crippen LogP contribution is 2.35. The van der Waals surface area contributed by atoms with Crippen LogP contribution in [0.25, 0.3) is 68.0 Å². The van der Waals surface area contributed by atoms with Crippen molar-refractivity contribution in [3.05, 3.63) is 151 Å². The van der Waals surface area contributed by atoms with E-state index in [9.17, 15) is 0 Å². The number of nitrogens with zero attached hydrogens (tertiary/aromatic N) is 4. The van der Waals surface area contributed by atoms with Crippen LogP contribution in [0.5, 0.6) is 0 Å². The summed E-state index contributed by atoms with van der Waals surface area (Å²) in [6, 6.07) is 46.2. The van der Waals surface area contributed by atoms with Gasteiger partial charge in [0.05, 0.1) is 5.52 Å². The van der Waals surface area contributed by atoms with Crippen molar-refractivity contribution in [3.63, 3.8) is 0 Å². The molecule has 5 aromatic carbocycles. The number of allylic oxidation sites excluding steroid dienone is 1. The summed E-state index contributed by atoms with van der Waals surface area (Å²) in [5, 5.41) is 1.34. The van der Waals surface area contributed by atoms with Crippen molar-refractivity contribution in [1.82, 2.24) is 19.5 Å². The van der Waals surface area contributed by atoms with Gasteiger partial charge in [0.1, 0.15) is 0 Å². The van der Waals surface area contributed by atoms with E-state index in [2.05, 4.69) is 89.5 Å². The zero-order valence-electron chi connectivity index (χ0n) is 23.6. The maximum absolute atomic E-state index is 4.94. The first kappa shape index (κ1) is 25.1. The molecule has 4 nitrogen and oxygen atoms in total. The van der Waals surface area contributed by atoms with Crippen LogP contribution in [-0.4, -0.2) is 19.5 Å². The molecule has 2 aromatic heterocycles. The monoisotopic (exact) mass is 552 g/mol. The predicted molar refractivity (Wildman–Crippen MR) is 176 cm³/mol. The lowest BCUT2D eigenvalue weighted by Crippen LogP contribution is -2.01. The standard InChI is InChI=1S/C39H28N4/c1-3-13-27(14-4-1)37-40-38(28-15-5-2-6-16-28)42-39(41-37)31-19-11-17-29(25-31)30-18-12-20-32(26-30)43-35-23-9-7-21-33(35)34-22-8-10-24-36(34)43/h1-7,9-21,23-26H,8,22H2. The zero-order chi connectivity index (χ0) is 28.6. The Bertz CT molecular complexity index is 2070. The summed E-state index contributed by atoms with van der Waals surface area (Å²) in [5.41, 5.74) is 10.3. The lowest BCUT2D eigenvalue weighted by Gasteiger charge is -2.14. The van der Waals surface area contributed by atoms with Crippen LogP contribution in [0, 0.1) is 0 Å². The normalized spacial score (nSPS) is 12.4. The maximum Gasteiger partial charge on any atom is 0.164 e.